The number of halogens is 1. The normalized spacial score (nSPS) is 11.8. The van der Waals surface area contributed by atoms with Crippen LogP contribution in [0.2, 0.25) is 0 Å². The Bertz CT molecular complexity index is 411. The van der Waals surface area contributed by atoms with Gasteiger partial charge in [0, 0.05) is 0 Å². The second-order valence-electron chi connectivity index (χ2n) is 5.99. The second kappa shape index (κ2) is 9.40. The number of rotatable bonds is 10. The van der Waals surface area contributed by atoms with E-state index in [2.05, 4.69) is 26.2 Å². The molecule has 1 aromatic carbocycles. The topological polar surface area (TPSA) is 0 Å². The van der Waals surface area contributed by atoms with E-state index in [9.17, 15) is 4.39 Å². The molecule has 2 heteroatoms. The molecular formula is C18H30FP. The van der Waals surface area contributed by atoms with Crippen molar-refractivity contribution in [2.75, 3.05) is 12.3 Å². The SMILES string of the molecule is C=P(CCCCC)(CCCCC)Cc1cccc(F)c1. The summed E-state index contributed by atoms with van der Waals surface area (Å²) in [6.45, 7) is 3.30. The molecule has 0 saturated carbocycles. The molecule has 0 heterocycles. The monoisotopic (exact) mass is 296 g/mol. The molecule has 0 aliphatic carbocycles. The Morgan fingerprint density at radius 3 is 2.10 bits per heavy atom. The molecular weight excluding hydrogens is 266 g/mol. The van der Waals surface area contributed by atoms with Crippen molar-refractivity contribution >= 4 is 13.2 Å². The lowest BCUT2D eigenvalue weighted by Crippen LogP contribution is -2.01. The summed E-state index contributed by atoms with van der Waals surface area (Å²) in [6, 6.07) is 7.11. The van der Waals surface area contributed by atoms with E-state index in [1.807, 2.05) is 6.07 Å². The van der Waals surface area contributed by atoms with E-state index in [0.29, 0.717) is 0 Å². The minimum absolute atomic E-state index is 0.115. The van der Waals surface area contributed by atoms with Crippen molar-refractivity contribution in [1.29, 1.82) is 0 Å². The highest BCUT2D eigenvalue weighted by atomic mass is 31.2. The molecule has 1 rings (SSSR count). The molecule has 0 aromatic heterocycles. The Hall–Kier alpha value is -0.550. The van der Waals surface area contributed by atoms with Crippen LogP contribution in [0.3, 0.4) is 0 Å². The van der Waals surface area contributed by atoms with Gasteiger partial charge in [0.25, 0.3) is 0 Å². The van der Waals surface area contributed by atoms with Gasteiger partial charge in [-0.3, -0.25) is 0 Å². The van der Waals surface area contributed by atoms with E-state index < -0.39 is 6.89 Å². The Morgan fingerprint density at radius 2 is 1.60 bits per heavy atom. The van der Waals surface area contributed by atoms with Crippen molar-refractivity contribution in [3.63, 3.8) is 0 Å². The molecule has 0 atom stereocenters. The van der Waals surface area contributed by atoms with Crippen molar-refractivity contribution in [2.45, 2.75) is 58.5 Å². The summed E-state index contributed by atoms with van der Waals surface area (Å²) in [5.41, 5.74) is 1.14. The number of hydrogen-bond donors (Lipinski definition) is 0. The summed E-state index contributed by atoms with van der Waals surface area (Å²) in [7, 11) is 0. The average molecular weight is 296 g/mol. The molecule has 114 valence electrons. The number of unbranched alkanes of at least 4 members (excludes halogenated alkanes) is 4. The molecule has 0 saturated heterocycles. The van der Waals surface area contributed by atoms with Crippen molar-refractivity contribution in [1.82, 2.24) is 0 Å². The quantitative estimate of drug-likeness (QED) is 0.358. The highest BCUT2D eigenvalue weighted by molar-refractivity contribution is 7.73. The first-order valence-electron chi connectivity index (χ1n) is 8.04. The molecule has 20 heavy (non-hydrogen) atoms. The predicted octanol–water partition coefficient (Wildman–Crippen LogP) is 6.16. The van der Waals surface area contributed by atoms with Gasteiger partial charge in [0.2, 0.25) is 0 Å². The van der Waals surface area contributed by atoms with Gasteiger partial charge >= 0.3 is 0 Å². The summed E-state index contributed by atoms with van der Waals surface area (Å²) >= 11 is 0. The van der Waals surface area contributed by atoms with Gasteiger partial charge in [-0.15, -0.1) is 13.2 Å². The maximum atomic E-state index is 13.3. The lowest BCUT2D eigenvalue weighted by atomic mass is 10.2. The van der Waals surface area contributed by atoms with Gasteiger partial charge in [-0.05, 0) is 49.0 Å². The number of benzene rings is 1. The van der Waals surface area contributed by atoms with E-state index in [1.165, 1.54) is 56.9 Å². The van der Waals surface area contributed by atoms with Crippen LogP contribution in [0, 0.1) is 5.82 Å². The lowest BCUT2D eigenvalue weighted by Gasteiger charge is -2.25. The first-order valence-corrected chi connectivity index (χ1v) is 10.6. The smallest absolute Gasteiger partial charge is 0.123 e. The minimum atomic E-state index is -1.19. The average Bonchev–Trinajstić information content (AvgIpc) is 2.39. The van der Waals surface area contributed by atoms with Crippen molar-refractivity contribution in [3.8, 4) is 0 Å². The Morgan fingerprint density at radius 1 is 1.00 bits per heavy atom. The van der Waals surface area contributed by atoms with Crippen LogP contribution in [0.15, 0.2) is 24.3 Å². The first kappa shape index (κ1) is 17.5. The third-order valence-electron chi connectivity index (χ3n) is 3.88. The van der Waals surface area contributed by atoms with Crippen LogP contribution < -0.4 is 0 Å². The van der Waals surface area contributed by atoms with Gasteiger partial charge in [0.15, 0.2) is 0 Å². The van der Waals surface area contributed by atoms with Gasteiger partial charge in [0.1, 0.15) is 5.82 Å². The van der Waals surface area contributed by atoms with Crippen molar-refractivity contribution < 1.29 is 4.39 Å². The van der Waals surface area contributed by atoms with Crippen LogP contribution in [-0.4, -0.2) is 18.6 Å². The van der Waals surface area contributed by atoms with Gasteiger partial charge < -0.3 is 0 Å². The Balaban J connectivity index is 2.67. The molecule has 0 amide bonds. The summed E-state index contributed by atoms with van der Waals surface area (Å²) in [5.74, 6) is -0.115. The molecule has 0 aliphatic rings. The molecule has 0 bridgehead atoms. The van der Waals surface area contributed by atoms with Gasteiger partial charge in [0.05, 0.1) is 0 Å². The molecule has 0 radical (unpaired) electrons. The molecule has 0 spiro atoms. The van der Waals surface area contributed by atoms with Crippen LogP contribution >= 0.6 is 6.89 Å². The first-order chi connectivity index (χ1) is 9.59. The third kappa shape index (κ3) is 6.75. The number of hydrogen-bond acceptors (Lipinski definition) is 0. The van der Waals surface area contributed by atoms with E-state index in [0.717, 1.165) is 11.7 Å². The highest BCUT2D eigenvalue weighted by Crippen LogP contribution is 2.50. The van der Waals surface area contributed by atoms with Gasteiger partial charge in [-0.1, -0.05) is 51.7 Å². The zero-order chi connectivity index (χ0) is 14.8. The highest BCUT2D eigenvalue weighted by Gasteiger charge is 2.15. The van der Waals surface area contributed by atoms with E-state index in [-0.39, 0.29) is 5.82 Å². The van der Waals surface area contributed by atoms with Gasteiger partial charge in [-0.2, -0.15) is 0 Å². The summed E-state index contributed by atoms with van der Waals surface area (Å²) in [6.07, 6.45) is 15.9. The predicted molar refractivity (Wildman–Crippen MR) is 92.9 cm³/mol. The van der Waals surface area contributed by atoms with Crippen LogP contribution in [0.25, 0.3) is 0 Å². The summed E-state index contributed by atoms with van der Waals surface area (Å²) in [4.78, 5) is 0. The van der Waals surface area contributed by atoms with Gasteiger partial charge in [-0.25, -0.2) is 4.39 Å². The standard InChI is InChI=1S/C18H30FP/c1-4-6-8-13-20(3,14-9-7-5-2)16-17-11-10-12-18(19)15-17/h10-12,15H,3-9,13-14,16H2,1-2H3. The second-order valence-corrected chi connectivity index (χ2v) is 9.89. The fourth-order valence-electron chi connectivity index (χ4n) is 2.69. The molecule has 0 N–H and O–H groups in total. The fourth-order valence-corrected chi connectivity index (χ4v) is 5.99. The van der Waals surface area contributed by atoms with Crippen molar-refractivity contribution in [2.24, 2.45) is 0 Å². The Labute approximate surface area is 124 Å². The zero-order valence-corrected chi connectivity index (χ0v) is 14.1. The van der Waals surface area contributed by atoms with E-state index in [1.54, 1.807) is 6.07 Å². The van der Waals surface area contributed by atoms with Crippen LogP contribution in [-0.2, 0) is 6.16 Å². The maximum Gasteiger partial charge on any atom is 0.123 e. The molecule has 0 aliphatic heterocycles. The largest absolute Gasteiger partial charge is 0.207 e. The van der Waals surface area contributed by atoms with E-state index in [4.69, 9.17) is 0 Å². The van der Waals surface area contributed by atoms with E-state index >= 15 is 0 Å². The third-order valence-corrected chi connectivity index (χ3v) is 7.44. The fraction of sp³-hybridized carbons (Fsp3) is 0.611. The summed E-state index contributed by atoms with van der Waals surface area (Å²) < 4.78 is 13.3. The minimum Gasteiger partial charge on any atom is -0.207 e. The lowest BCUT2D eigenvalue weighted by molar-refractivity contribution is 0.626. The maximum absolute atomic E-state index is 13.3. The molecule has 0 unspecified atom stereocenters. The van der Waals surface area contributed by atoms with Crippen LogP contribution in [0.1, 0.15) is 57.9 Å². The van der Waals surface area contributed by atoms with Crippen LogP contribution in [0.5, 0.6) is 0 Å². The Kier molecular flexibility index (Phi) is 8.22. The molecule has 0 fully saturated rings. The zero-order valence-electron chi connectivity index (χ0n) is 13.2. The van der Waals surface area contributed by atoms with Crippen LogP contribution in [0.4, 0.5) is 4.39 Å². The molecule has 0 nitrogen and oxygen atoms in total. The van der Waals surface area contributed by atoms with Crippen molar-refractivity contribution in [3.05, 3.63) is 35.6 Å². The summed E-state index contributed by atoms with van der Waals surface area (Å²) in [5, 5.41) is 0. The molecule has 1 aromatic rings.